The lowest BCUT2D eigenvalue weighted by Crippen LogP contribution is -2.12. The zero-order valence-electron chi connectivity index (χ0n) is 11.7. The summed E-state index contributed by atoms with van der Waals surface area (Å²) >= 11 is 6.06. The van der Waals surface area contributed by atoms with Gasteiger partial charge in [-0.05, 0) is 30.3 Å². The van der Waals surface area contributed by atoms with Crippen LogP contribution >= 0.6 is 11.6 Å². The largest absolute Gasteiger partial charge is 0.326 e. The number of hydrogen-bond donors (Lipinski definition) is 2. The van der Waals surface area contributed by atoms with Gasteiger partial charge in [-0.3, -0.25) is 9.59 Å². The van der Waals surface area contributed by atoms with Gasteiger partial charge in [-0.25, -0.2) is 4.98 Å². The van der Waals surface area contributed by atoms with Gasteiger partial charge >= 0.3 is 0 Å². The normalized spacial score (nSPS) is 10.6. The standard InChI is InChI=1S/C16H12ClN3O2/c1-9(21)18-12-7-10(6-11(17)8-12)15-16(22)20-14-5-3-2-4-13(14)19-15/h2-8H,1H3,(H,18,21)(H,20,22). The number of anilines is 1. The number of hydrogen-bond acceptors (Lipinski definition) is 3. The molecule has 0 saturated carbocycles. The summed E-state index contributed by atoms with van der Waals surface area (Å²) in [7, 11) is 0. The van der Waals surface area contributed by atoms with Crippen molar-refractivity contribution >= 4 is 34.2 Å². The summed E-state index contributed by atoms with van der Waals surface area (Å²) in [6.45, 7) is 1.40. The first kappa shape index (κ1) is 14.3. The van der Waals surface area contributed by atoms with Gasteiger partial charge in [0.05, 0.1) is 11.0 Å². The van der Waals surface area contributed by atoms with Gasteiger partial charge in [-0.2, -0.15) is 0 Å². The van der Waals surface area contributed by atoms with Crippen molar-refractivity contribution in [2.75, 3.05) is 5.32 Å². The highest BCUT2D eigenvalue weighted by Crippen LogP contribution is 2.25. The molecule has 0 fully saturated rings. The first-order valence-electron chi connectivity index (χ1n) is 6.60. The maximum atomic E-state index is 12.2. The Balaban J connectivity index is 2.18. The molecule has 0 saturated heterocycles. The summed E-state index contributed by atoms with van der Waals surface area (Å²) in [5.74, 6) is -0.214. The van der Waals surface area contributed by atoms with Gasteiger partial charge in [0, 0.05) is 23.2 Å². The molecule has 0 atom stereocenters. The van der Waals surface area contributed by atoms with Gasteiger partial charge in [0.1, 0.15) is 5.69 Å². The molecule has 0 unspecified atom stereocenters. The third-order valence-electron chi connectivity index (χ3n) is 3.09. The third-order valence-corrected chi connectivity index (χ3v) is 3.31. The molecule has 1 amide bonds. The van der Waals surface area contributed by atoms with Gasteiger partial charge in [0.25, 0.3) is 5.56 Å². The van der Waals surface area contributed by atoms with Crippen molar-refractivity contribution in [3.05, 3.63) is 57.8 Å². The van der Waals surface area contributed by atoms with Crippen LogP contribution in [0.2, 0.25) is 5.02 Å². The molecule has 1 aromatic heterocycles. The molecule has 3 rings (SSSR count). The Labute approximate surface area is 131 Å². The average molecular weight is 314 g/mol. The number of para-hydroxylation sites is 2. The minimum Gasteiger partial charge on any atom is -0.326 e. The monoisotopic (exact) mass is 313 g/mol. The second kappa shape index (κ2) is 5.61. The summed E-state index contributed by atoms with van der Waals surface area (Å²) in [6, 6.07) is 12.2. The van der Waals surface area contributed by atoms with Crippen LogP contribution in [-0.2, 0) is 4.79 Å². The zero-order chi connectivity index (χ0) is 15.7. The van der Waals surface area contributed by atoms with Crippen molar-refractivity contribution in [2.45, 2.75) is 6.92 Å². The van der Waals surface area contributed by atoms with Crippen LogP contribution in [-0.4, -0.2) is 15.9 Å². The number of carbonyl (C=O) groups excluding carboxylic acids is 1. The van der Waals surface area contributed by atoms with Crippen LogP contribution in [0.4, 0.5) is 5.69 Å². The molecule has 110 valence electrons. The molecule has 0 aliphatic carbocycles. The summed E-state index contributed by atoms with van der Waals surface area (Å²) in [4.78, 5) is 30.6. The minimum absolute atomic E-state index is 0.214. The van der Waals surface area contributed by atoms with Crippen LogP contribution in [0.15, 0.2) is 47.3 Å². The predicted molar refractivity (Wildman–Crippen MR) is 87.1 cm³/mol. The van der Waals surface area contributed by atoms with Crippen LogP contribution in [0.25, 0.3) is 22.3 Å². The number of halogens is 1. The van der Waals surface area contributed by atoms with E-state index in [1.165, 1.54) is 6.92 Å². The Morgan fingerprint density at radius 1 is 1.23 bits per heavy atom. The predicted octanol–water partition coefficient (Wildman–Crippen LogP) is 3.20. The number of rotatable bonds is 2. The Hall–Kier alpha value is -2.66. The Morgan fingerprint density at radius 3 is 2.77 bits per heavy atom. The van der Waals surface area contributed by atoms with Gasteiger partial charge in [-0.1, -0.05) is 23.7 Å². The Bertz CT molecular complexity index is 934. The fourth-order valence-corrected chi connectivity index (χ4v) is 2.46. The second-order valence-corrected chi connectivity index (χ2v) is 5.28. The maximum absolute atomic E-state index is 12.2. The topological polar surface area (TPSA) is 74.8 Å². The Kier molecular flexibility index (Phi) is 3.65. The molecule has 0 aliphatic heterocycles. The molecule has 0 bridgehead atoms. The highest BCUT2D eigenvalue weighted by Gasteiger charge is 2.10. The molecule has 5 nitrogen and oxygen atoms in total. The van der Waals surface area contributed by atoms with Crippen LogP contribution in [0.3, 0.4) is 0 Å². The van der Waals surface area contributed by atoms with Gasteiger partial charge < -0.3 is 10.3 Å². The van der Waals surface area contributed by atoms with E-state index < -0.39 is 0 Å². The van der Waals surface area contributed by atoms with Crippen molar-refractivity contribution in [2.24, 2.45) is 0 Å². The van der Waals surface area contributed by atoms with E-state index in [1.807, 2.05) is 18.2 Å². The number of aromatic nitrogens is 2. The second-order valence-electron chi connectivity index (χ2n) is 4.84. The quantitative estimate of drug-likeness (QED) is 0.763. The van der Waals surface area contributed by atoms with E-state index in [4.69, 9.17) is 11.6 Å². The Morgan fingerprint density at radius 2 is 2.00 bits per heavy atom. The van der Waals surface area contributed by atoms with Gasteiger partial charge in [0.2, 0.25) is 5.91 Å². The fourth-order valence-electron chi connectivity index (χ4n) is 2.23. The number of amides is 1. The van der Waals surface area contributed by atoms with Crippen molar-refractivity contribution in [3.8, 4) is 11.3 Å². The molecular formula is C16H12ClN3O2. The van der Waals surface area contributed by atoms with Crippen LogP contribution in [0, 0.1) is 0 Å². The number of nitrogens with zero attached hydrogens (tertiary/aromatic N) is 1. The van der Waals surface area contributed by atoms with E-state index in [-0.39, 0.29) is 17.2 Å². The van der Waals surface area contributed by atoms with Crippen molar-refractivity contribution < 1.29 is 4.79 Å². The molecule has 6 heteroatoms. The highest BCUT2D eigenvalue weighted by molar-refractivity contribution is 6.31. The SMILES string of the molecule is CC(=O)Nc1cc(Cl)cc(-c2nc3ccccc3[nH]c2=O)c1. The maximum Gasteiger partial charge on any atom is 0.274 e. The number of H-pyrrole nitrogens is 1. The lowest BCUT2D eigenvalue weighted by molar-refractivity contribution is -0.114. The van der Waals surface area contributed by atoms with Crippen molar-refractivity contribution in [3.63, 3.8) is 0 Å². The molecule has 2 N–H and O–H groups in total. The molecule has 22 heavy (non-hydrogen) atoms. The number of aromatic amines is 1. The molecule has 2 aromatic carbocycles. The van der Waals surface area contributed by atoms with Crippen molar-refractivity contribution in [1.29, 1.82) is 0 Å². The first-order chi connectivity index (χ1) is 10.5. The lowest BCUT2D eigenvalue weighted by atomic mass is 10.1. The van der Waals surface area contributed by atoms with Crippen LogP contribution < -0.4 is 10.9 Å². The van der Waals surface area contributed by atoms with E-state index in [1.54, 1.807) is 24.3 Å². The fraction of sp³-hybridized carbons (Fsp3) is 0.0625. The highest BCUT2D eigenvalue weighted by atomic mass is 35.5. The van der Waals surface area contributed by atoms with Crippen LogP contribution in [0.1, 0.15) is 6.92 Å². The molecular weight excluding hydrogens is 302 g/mol. The summed E-state index contributed by atoms with van der Waals surface area (Å²) in [6.07, 6.45) is 0. The summed E-state index contributed by atoms with van der Waals surface area (Å²) in [5, 5.41) is 3.06. The molecule has 0 aliphatic rings. The number of carbonyl (C=O) groups is 1. The number of nitrogens with one attached hydrogen (secondary N) is 2. The lowest BCUT2D eigenvalue weighted by Gasteiger charge is -2.07. The molecule has 0 radical (unpaired) electrons. The van der Waals surface area contributed by atoms with E-state index in [9.17, 15) is 9.59 Å². The summed E-state index contributed by atoms with van der Waals surface area (Å²) < 4.78 is 0. The number of benzene rings is 2. The third kappa shape index (κ3) is 2.84. The van der Waals surface area contributed by atoms with Crippen molar-refractivity contribution in [1.82, 2.24) is 9.97 Å². The molecule has 1 heterocycles. The van der Waals surface area contributed by atoms with Gasteiger partial charge in [0.15, 0.2) is 0 Å². The molecule has 3 aromatic rings. The number of fused-ring (bicyclic) bond motifs is 1. The molecule has 0 spiro atoms. The smallest absolute Gasteiger partial charge is 0.274 e. The van der Waals surface area contributed by atoms with Gasteiger partial charge in [-0.15, -0.1) is 0 Å². The summed E-state index contributed by atoms with van der Waals surface area (Å²) in [5.41, 5.74) is 2.36. The van der Waals surface area contributed by atoms with Crippen LogP contribution in [0.5, 0.6) is 0 Å². The van der Waals surface area contributed by atoms with E-state index >= 15 is 0 Å². The van der Waals surface area contributed by atoms with E-state index in [2.05, 4.69) is 15.3 Å². The first-order valence-corrected chi connectivity index (χ1v) is 6.98. The average Bonchev–Trinajstić information content (AvgIpc) is 2.45. The minimum atomic E-state index is -0.310. The van der Waals surface area contributed by atoms with E-state index in [0.717, 1.165) is 0 Å². The van der Waals surface area contributed by atoms with E-state index in [0.29, 0.717) is 27.3 Å². The zero-order valence-corrected chi connectivity index (χ0v) is 12.4.